The van der Waals surface area contributed by atoms with Crippen molar-refractivity contribution in [2.75, 3.05) is 43.0 Å². The summed E-state index contributed by atoms with van der Waals surface area (Å²) in [6, 6.07) is 0.459. The van der Waals surface area contributed by atoms with Gasteiger partial charge in [-0.05, 0) is 19.9 Å². The molecule has 9 heteroatoms. The van der Waals surface area contributed by atoms with Crippen molar-refractivity contribution in [2.24, 2.45) is 0 Å². The van der Waals surface area contributed by atoms with Crippen molar-refractivity contribution in [3.63, 3.8) is 0 Å². The number of piperazine rings is 1. The zero-order chi connectivity index (χ0) is 18.3. The molecule has 1 saturated heterocycles. The zero-order valence-corrected chi connectivity index (χ0v) is 14.2. The Hall–Kier alpha value is -2.29. The Labute approximate surface area is 143 Å². The third kappa shape index (κ3) is 3.28. The van der Waals surface area contributed by atoms with E-state index in [2.05, 4.69) is 0 Å². The van der Waals surface area contributed by atoms with E-state index in [1.54, 1.807) is 4.90 Å². The summed E-state index contributed by atoms with van der Waals surface area (Å²) in [4.78, 5) is 27.2. The Kier molecular flexibility index (Phi) is 4.59. The van der Waals surface area contributed by atoms with Gasteiger partial charge in [0.25, 0.3) is 5.69 Å². The Morgan fingerprint density at radius 3 is 2.36 bits per heavy atom. The van der Waals surface area contributed by atoms with Crippen molar-refractivity contribution < 1.29 is 18.5 Å². The second-order valence-corrected chi connectivity index (χ2v) is 6.56. The Morgan fingerprint density at radius 2 is 1.88 bits per heavy atom. The Morgan fingerprint density at radius 1 is 1.28 bits per heavy atom. The minimum atomic E-state index is -1.03. The fourth-order valence-corrected chi connectivity index (χ4v) is 3.20. The number of nitrogens with zero attached hydrogens (tertiary/aromatic N) is 4. The number of rotatable bonds is 4. The van der Waals surface area contributed by atoms with Crippen molar-refractivity contribution in [1.82, 2.24) is 4.90 Å². The van der Waals surface area contributed by atoms with Gasteiger partial charge >= 0.3 is 0 Å². The smallest absolute Gasteiger partial charge is 0.299 e. The van der Waals surface area contributed by atoms with Gasteiger partial charge in [-0.25, -0.2) is 8.78 Å². The fraction of sp³-hybridized carbons (Fsp3) is 0.562. The summed E-state index contributed by atoms with van der Waals surface area (Å²) >= 11 is 0. The lowest BCUT2D eigenvalue weighted by Gasteiger charge is -2.35. The van der Waals surface area contributed by atoms with Gasteiger partial charge in [0.1, 0.15) is 5.69 Å². The van der Waals surface area contributed by atoms with Gasteiger partial charge in [0, 0.05) is 39.1 Å². The van der Waals surface area contributed by atoms with Gasteiger partial charge < -0.3 is 14.7 Å². The van der Waals surface area contributed by atoms with E-state index in [-0.39, 0.29) is 11.7 Å². The van der Waals surface area contributed by atoms with Crippen LogP contribution >= 0.6 is 0 Å². The van der Waals surface area contributed by atoms with Crippen molar-refractivity contribution in [3.8, 4) is 0 Å². The maximum atomic E-state index is 15.2. The normalized spacial score (nSPS) is 18.3. The van der Waals surface area contributed by atoms with E-state index in [9.17, 15) is 19.3 Å². The molecule has 0 unspecified atom stereocenters. The summed E-state index contributed by atoms with van der Waals surface area (Å²) in [5.74, 6) is -2.49. The van der Waals surface area contributed by atoms with Gasteiger partial charge in [-0.1, -0.05) is 0 Å². The molecule has 2 aliphatic rings. The molecule has 1 aliphatic heterocycles. The summed E-state index contributed by atoms with van der Waals surface area (Å²) in [6.07, 6.45) is 1.30. The maximum absolute atomic E-state index is 15.2. The van der Waals surface area contributed by atoms with E-state index in [0.29, 0.717) is 39.0 Å². The van der Waals surface area contributed by atoms with Crippen LogP contribution < -0.4 is 9.80 Å². The van der Waals surface area contributed by atoms with Crippen LogP contribution in [0.15, 0.2) is 6.07 Å². The van der Waals surface area contributed by atoms with Crippen LogP contribution in [-0.4, -0.2) is 55.0 Å². The summed E-state index contributed by atoms with van der Waals surface area (Å²) in [5.41, 5.74) is -1.43. The molecule has 1 amide bonds. The largest absolute Gasteiger partial charge is 0.364 e. The average Bonchev–Trinajstić information content (AvgIpc) is 3.35. The maximum Gasteiger partial charge on any atom is 0.299 e. The molecule has 0 N–H and O–H groups in total. The van der Waals surface area contributed by atoms with Gasteiger partial charge in [-0.15, -0.1) is 0 Å². The van der Waals surface area contributed by atoms with E-state index < -0.39 is 33.8 Å². The lowest BCUT2D eigenvalue weighted by Crippen LogP contribution is -2.45. The monoisotopic (exact) mass is 354 g/mol. The third-order valence-electron chi connectivity index (χ3n) is 4.66. The Balaban J connectivity index is 2.13. The van der Waals surface area contributed by atoms with Crippen LogP contribution in [0.25, 0.3) is 0 Å². The van der Waals surface area contributed by atoms with E-state index >= 15 is 4.39 Å². The summed E-state index contributed by atoms with van der Waals surface area (Å²) < 4.78 is 29.8. The van der Waals surface area contributed by atoms with Crippen molar-refractivity contribution in [3.05, 3.63) is 27.8 Å². The average molecular weight is 354 g/mol. The fourth-order valence-electron chi connectivity index (χ4n) is 3.20. The first kappa shape index (κ1) is 17.5. The third-order valence-corrected chi connectivity index (χ3v) is 4.66. The summed E-state index contributed by atoms with van der Waals surface area (Å²) in [6.45, 7) is 3.31. The molecule has 1 aliphatic carbocycles. The summed E-state index contributed by atoms with van der Waals surface area (Å²) in [7, 11) is 1.91. The predicted molar refractivity (Wildman–Crippen MR) is 88.9 cm³/mol. The second kappa shape index (κ2) is 6.55. The lowest BCUT2D eigenvalue weighted by atomic mass is 10.1. The van der Waals surface area contributed by atoms with Crippen LogP contribution in [-0.2, 0) is 4.79 Å². The molecular weight excluding hydrogens is 334 g/mol. The van der Waals surface area contributed by atoms with E-state index in [0.717, 1.165) is 11.0 Å². The number of carbonyl (C=O) groups excluding carboxylic acids is 1. The molecule has 1 heterocycles. The number of likely N-dealkylation sites (N-methyl/N-ethyl adjacent to an activating group) is 1. The standard InChI is InChI=1S/C16H20F2N4O3/c1-10(23)21(11-3-4-11)16-13(22(24)25)9-12(17)15(14(16)18)20-7-5-19(2)6-8-20/h9,11H,3-8H2,1-2H3. The second-order valence-electron chi connectivity index (χ2n) is 6.56. The van der Waals surface area contributed by atoms with Crippen LogP contribution in [0.2, 0.25) is 0 Å². The highest BCUT2D eigenvalue weighted by Crippen LogP contribution is 2.43. The number of amides is 1. The molecule has 1 saturated carbocycles. The van der Waals surface area contributed by atoms with Gasteiger partial charge in [0.05, 0.1) is 11.0 Å². The van der Waals surface area contributed by atoms with Crippen LogP contribution in [0.1, 0.15) is 19.8 Å². The highest BCUT2D eigenvalue weighted by atomic mass is 19.1. The van der Waals surface area contributed by atoms with Crippen molar-refractivity contribution >= 4 is 23.0 Å². The van der Waals surface area contributed by atoms with E-state index in [1.165, 1.54) is 6.92 Å². The van der Waals surface area contributed by atoms with Crippen LogP contribution in [0.5, 0.6) is 0 Å². The molecule has 1 aromatic carbocycles. The highest BCUT2D eigenvalue weighted by molar-refractivity contribution is 5.96. The Bertz CT molecular complexity index is 716. The first-order valence-electron chi connectivity index (χ1n) is 8.21. The minimum Gasteiger partial charge on any atom is -0.364 e. The first-order valence-corrected chi connectivity index (χ1v) is 8.21. The van der Waals surface area contributed by atoms with Gasteiger partial charge in [0.15, 0.2) is 17.3 Å². The topological polar surface area (TPSA) is 69.9 Å². The van der Waals surface area contributed by atoms with Crippen LogP contribution in [0, 0.1) is 21.7 Å². The number of hydrogen-bond acceptors (Lipinski definition) is 5. The highest BCUT2D eigenvalue weighted by Gasteiger charge is 2.40. The molecule has 0 spiro atoms. The van der Waals surface area contributed by atoms with Crippen molar-refractivity contribution in [1.29, 1.82) is 0 Å². The van der Waals surface area contributed by atoms with Crippen molar-refractivity contribution in [2.45, 2.75) is 25.8 Å². The minimum absolute atomic E-state index is 0.267. The predicted octanol–water partition coefficient (Wildman–Crippen LogP) is 2.14. The number of halogens is 2. The van der Waals surface area contributed by atoms with Gasteiger partial charge in [0.2, 0.25) is 5.91 Å². The zero-order valence-electron chi connectivity index (χ0n) is 14.2. The van der Waals surface area contributed by atoms with Gasteiger partial charge in [-0.2, -0.15) is 0 Å². The molecule has 0 radical (unpaired) electrons. The first-order chi connectivity index (χ1) is 11.8. The number of anilines is 2. The molecule has 0 bridgehead atoms. The number of hydrogen-bond donors (Lipinski definition) is 0. The van der Waals surface area contributed by atoms with Crippen LogP contribution in [0.3, 0.4) is 0 Å². The number of nitro benzene ring substituents is 1. The number of benzene rings is 1. The van der Waals surface area contributed by atoms with E-state index in [1.807, 2.05) is 11.9 Å². The van der Waals surface area contributed by atoms with Crippen LogP contribution in [0.4, 0.5) is 25.8 Å². The molecule has 2 fully saturated rings. The number of carbonyl (C=O) groups is 1. The quantitative estimate of drug-likeness (QED) is 0.612. The molecule has 3 rings (SSSR count). The number of nitro groups is 1. The van der Waals surface area contributed by atoms with Gasteiger partial charge in [-0.3, -0.25) is 14.9 Å². The molecule has 25 heavy (non-hydrogen) atoms. The molecular formula is C16H20F2N4O3. The molecule has 1 aromatic rings. The molecule has 136 valence electrons. The molecule has 0 atom stereocenters. The lowest BCUT2D eigenvalue weighted by molar-refractivity contribution is -0.384. The molecule has 7 nitrogen and oxygen atoms in total. The molecule has 0 aromatic heterocycles. The SMILES string of the molecule is CC(=O)N(c1c([N+](=O)[O-])cc(F)c(N2CCN(C)CC2)c1F)C1CC1. The summed E-state index contributed by atoms with van der Waals surface area (Å²) in [5, 5.41) is 11.3. The van der Waals surface area contributed by atoms with E-state index in [4.69, 9.17) is 0 Å².